The van der Waals surface area contributed by atoms with Crippen molar-refractivity contribution >= 4 is 22.9 Å². The highest BCUT2D eigenvalue weighted by Gasteiger charge is 2.31. The summed E-state index contributed by atoms with van der Waals surface area (Å²) in [5, 5.41) is 4.73. The summed E-state index contributed by atoms with van der Waals surface area (Å²) < 4.78 is 58.9. The van der Waals surface area contributed by atoms with Crippen molar-refractivity contribution in [1.82, 2.24) is 9.88 Å². The van der Waals surface area contributed by atoms with Crippen LogP contribution in [-0.2, 0) is 16.1 Å². The zero-order valence-corrected chi connectivity index (χ0v) is 19.4. The van der Waals surface area contributed by atoms with Crippen LogP contribution in [0.15, 0.2) is 52.8 Å². The standard InChI is InChI=1S/C23H22F3N3O5S/c1-31-12-21(30)27-9-2-10-29-18(15-3-8-19-20(11-15)33-14-32-19)13-35-22(29)28-16-4-6-17(7-5-16)34-23(24,25)26/h3-8,11,13H,2,9-10,12,14H2,1H3,(H,27,30). The number of amides is 1. The summed E-state index contributed by atoms with van der Waals surface area (Å²) in [4.78, 5) is 16.9. The summed E-state index contributed by atoms with van der Waals surface area (Å²) in [7, 11) is 1.45. The van der Waals surface area contributed by atoms with Crippen molar-refractivity contribution in [3.63, 3.8) is 0 Å². The van der Waals surface area contributed by atoms with Crippen LogP contribution < -0.4 is 24.3 Å². The number of alkyl halides is 3. The Labute approximate surface area is 202 Å². The fourth-order valence-electron chi connectivity index (χ4n) is 3.40. The van der Waals surface area contributed by atoms with E-state index < -0.39 is 6.36 Å². The van der Waals surface area contributed by atoms with E-state index in [4.69, 9.17) is 14.2 Å². The SMILES string of the molecule is COCC(=O)NCCCn1c(-c2ccc3c(c2)OCO3)csc1=Nc1ccc(OC(F)(F)F)cc1. The van der Waals surface area contributed by atoms with E-state index in [2.05, 4.69) is 15.0 Å². The molecule has 1 amide bonds. The number of aromatic nitrogens is 1. The number of thiazole rings is 1. The van der Waals surface area contributed by atoms with Crippen LogP contribution in [0.25, 0.3) is 11.3 Å². The van der Waals surface area contributed by atoms with Gasteiger partial charge in [0.2, 0.25) is 12.7 Å². The molecule has 0 radical (unpaired) electrons. The summed E-state index contributed by atoms with van der Waals surface area (Å²) in [5.74, 6) is 0.793. The first-order chi connectivity index (χ1) is 16.8. The van der Waals surface area contributed by atoms with E-state index in [1.807, 2.05) is 28.1 Å². The van der Waals surface area contributed by atoms with E-state index in [0.717, 1.165) is 11.3 Å². The molecule has 2 heterocycles. The van der Waals surface area contributed by atoms with Crippen molar-refractivity contribution in [1.29, 1.82) is 0 Å². The van der Waals surface area contributed by atoms with Gasteiger partial charge in [0.25, 0.3) is 0 Å². The minimum Gasteiger partial charge on any atom is -0.454 e. The molecule has 0 aliphatic carbocycles. The van der Waals surface area contributed by atoms with Crippen LogP contribution in [0.4, 0.5) is 18.9 Å². The molecule has 186 valence electrons. The summed E-state index contributed by atoms with van der Waals surface area (Å²) in [6, 6.07) is 11.0. The van der Waals surface area contributed by atoms with Gasteiger partial charge in [0.05, 0.1) is 11.4 Å². The summed E-state index contributed by atoms with van der Waals surface area (Å²) in [6.45, 7) is 1.13. The van der Waals surface area contributed by atoms with E-state index in [0.29, 0.717) is 41.5 Å². The highest BCUT2D eigenvalue weighted by atomic mass is 32.1. The Morgan fingerprint density at radius 2 is 1.94 bits per heavy atom. The Hall–Kier alpha value is -3.51. The highest BCUT2D eigenvalue weighted by molar-refractivity contribution is 7.07. The number of carbonyl (C=O) groups is 1. The molecule has 8 nitrogen and oxygen atoms in total. The monoisotopic (exact) mass is 509 g/mol. The van der Waals surface area contributed by atoms with Crippen molar-refractivity contribution in [3.05, 3.63) is 52.6 Å². The lowest BCUT2D eigenvalue weighted by atomic mass is 10.1. The number of hydrogen-bond acceptors (Lipinski definition) is 7. The van der Waals surface area contributed by atoms with Crippen molar-refractivity contribution in [3.8, 4) is 28.5 Å². The number of rotatable bonds is 9. The Bertz CT molecular complexity index is 1240. The first-order valence-electron chi connectivity index (χ1n) is 10.6. The van der Waals surface area contributed by atoms with E-state index in [9.17, 15) is 18.0 Å². The molecular weight excluding hydrogens is 487 g/mol. The second-order valence-corrected chi connectivity index (χ2v) is 8.25. The number of hydrogen-bond donors (Lipinski definition) is 1. The third-order valence-corrected chi connectivity index (χ3v) is 5.78. The third-order valence-electron chi connectivity index (χ3n) is 4.92. The minimum absolute atomic E-state index is 0.0112. The molecular formula is C23H22F3N3O5S. The first-order valence-corrected chi connectivity index (χ1v) is 11.4. The molecule has 12 heteroatoms. The highest BCUT2D eigenvalue weighted by Crippen LogP contribution is 2.36. The number of halogens is 3. The van der Waals surface area contributed by atoms with E-state index in [-0.39, 0.29) is 25.1 Å². The van der Waals surface area contributed by atoms with Gasteiger partial charge >= 0.3 is 6.36 Å². The van der Waals surface area contributed by atoms with Crippen molar-refractivity contribution < 1.29 is 36.9 Å². The molecule has 2 aromatic carbocycles. The van der Waals surface area contributed by atoms with Crippen molar-refractivity contribution in [2.75, 3.05) is 27.1 Å². The smallest absolute Gasteiger partial charge is 0.454 e. The largest absolute Gasteiger partial charge is 0.573 e. The van der Waals surface area contributed by atoms with Gasteiger partial charge in [-0.1, -0.05) is 0 Å². The molecule has 4 rings (SSSR count). The van der Waals surface area contributed by atoms with Gasteiger partial charge in [0.15, 0.2) is 16.3 Å². The number of nitrogens with one attached hydrogen (secondary N) is 1. The maximum Gasteiger partial charge on any atom is 0.573 e. The quantitative estimate of drug-likeness (QED) is 0.437. The lowest BCUT2D eigenvalue weighted by Gasteiger charge is -2.11. The molecule has 1 N–H and O–H groups in total. The number of fused-ring (bicyclic) bond motifs is 1. The van der Waals surface area contributed by atoms with Gasteiger partial charge in [-0.2, -0.15) is 0 Å². The van der Waals surface area contributed by atoms with Crippen LogP contribution >= 0.6 is 11.3 Å². The molecule has 1 aliphatic heterocycles. The van der Waals surface area contributed by atoms with Crippen LogP contribution in [0.3, 0.4) is 0 Å². The number of methoxy groups -OCH3 is 1. The number of carbonyl (C=O) groups excluding carboxylic acids is 1. The topological polar surface area (TPSA) is 83.3 Å². The lowest BCUT2D eigenvalue weighted by molar-refractivity contribution is -0.274. The van der Waals surface area contributed by atoms with Gasteiger partial charge in [0.1, 0.15) is 12.4 Å². The van der Waals surface area contributed by atoms with Gasteiger partial charge in [-0.15, -0.1) is 24.5 Å². The van der Waals surface area contributed by atoms with Crippen LogP contribution in [0, 0.1) is 0 Å². The van der Waals surface area contributed by atoms with E-state index in [1.165, 1.54) is 42.7 Å². The summed E-state index contributed by atoms with van der Waals surface area (Å²) in [5.41, 5.74) is 2.25. The van der Waals surface area contributed by atoms with Crippen molar-refractivity contribution in [2.45, 2.75) is 19.3 Å². The maximum atomic E-state index is 12.4. The third kappa shape index (κ3) is 6.55. The van der Waals surface area contributed by atoms with Crippen LogP contribution in [0.1, 0.15) is 6.42 Å². The second-order valence-electron chi connectivity index (χ2n) is 7.41. The van der Waals surface area contributed by atoms with Crippen LogP contribution in [0.2, 0.25) is 0 Å². The molecule has 0 atom stereocenters. The Kier molecular flexibility index (Phi) is 7.61. The number of benzene rings is 2. The predicted octanol–water partition coefficient (Wildman–Crippen LogP) is 4.23. The minimum atomic E-state index is -4.76. The molecule has 0 saturated carbocycles. The summed E-state index contributed by atoms with van der Waals surface area (Å²) >= 11 is 1.39. The van der Waals surface area contributed by atoms with Gasteiger partial charge in [-0.05, 0) is 48.9 Å². The average molecular weight is 510 g/mol. The van der Waals surface area contributed by atoms with Gasteiger partial charge in [0, 0.05) is 31.1 Å². The molecule has 1 aliphatic rings. The predicted molar refractivity (Wildman–Crippen MR) is 122 cm³/mol. The Morgan fingerprint density at radius 1 is 1.17 bits per heavy atom. The second kappa shape index (κ2) is 10.8. The lowest BCUT2D eigenvalue weighted by Crippen LogP contribution is -2.29. The molecule has 0 fully saturated rings. The van der Waals surface area contributed by atoms with Crippen molar-refractivity contribution in [2.24, 2.45) is 4.99 Å². The fourth-order valence-corrected chi connectivity index (χ4v) is 4.36. The molecule has 0 unspecified atom stereocenters. The Balaban J connectivity index is 1.60. The van der Waals surface area contributed by atoms with Crippen LogP contribution in [0.5, 0.6) is 17.2 Å². The average Bonchev–Trinajstić information content (AvgIpc) is 3.43. The van der Waals surface area contributed by atoms with Gasteiger partial charge in [-0.3, -0.25) is 4.79 Å². The van der Waals surface area contributed by atoms with Gasteiger partial charge in [-0.25, -0.2) is 4.99 Å². The normalized spacial score (nSPS) is 13.2. The fraction of sp³-hybridized carbons (Fsp3) is 0.304. The van der Waals surface area contributed by atoms with Crippen LogP contribution in [-0.4, -0.2) is 43.9 Å². The number of nitrogens with zero attached hydrogens (tertiary/aromatic N) is 2. The van der Waals surface area contributed by atoms with E-state index >= 15 is 0 Å². The number of ether oxygens (including phenoxy) is 4. The molecule has 3 aromatic rings. The maximum absolute atomic E-state index is 12.4. The molecule has 1 aromatic heterocycles. The summed E-state index contributed by atoms with van der Waals surface area (Å²) in [6.07, 6.45) is -4.14. The van der Waals surface area contributed by atoms with E-state index in [1.54, 1.807) is 0 Å². The zero-order valence-electron chi connectivity index (χ0n) is 18.6. The Morgan fingerprint density at radius 3 is 2.69 bits per heavy atom. The molecule has 0 saturated heterocycles. The van der Waals surface area contributed by atoms with Gasteiger partial charge < -0.3 is 28.8 Å². The first kappa shape index (κ1) is 24.6. The molecule has 0 spiro atoms. The molecule has 0 bridgehead atoms. The molecule has 35 heavy (non-hydrogen) atoms. The zero-order chi connectivity index (χ0) is 24.8.